The number of hydrogen-bond acceptors (Lipinski definition) is 2. The molecular formula is C22H34N4O. The number of nitrogens with one attached hydrogen (secondary N) is 2. The molecule has 0 bridgehead atoms. The number of guanidine groups is 1. The summed E-state index contributed by atoms with van der Waals surface area (Å²) in [5.74, 6) is 1.98. The van der Waals surface area contributed by atoms with Gasteiger partial charge in [-0.15, -0.1) is 0 Å². The highest BCUT2D eigenvalue weighted by Crippen LogP contribution is 2.23. The van der Waals surface area contributed by atoms with Gasteiger partial charge in [0.25, 0.3) is 0 Å². The molecule has 0 saturated heterocycles. The summed E-state index contributed by atoms with van der Waals surface area (Å²) in [5.41, 5.74) is 2.68. The largest absolute Gasteiger partial charge is 0.356 e. The maximum Gasteiger partial charge on any atom is 0.222 e. The highest BCUT2D eigenvalue weighted by molar-refractivity contribution is 5.80. The zero-order chi connectivity index (χ0) is 19.1. The van der Waals surface area contributed by atoms with E-state index in [9.17, 15) is 4.79 Å². The Bertz CT molecular complexity index is 649. The van der Waals surface area contributed by atoms with Crippen molar-refractivity contribution in [2.24, 2.45) is 10.9 Å². The molecule has 148 valence electrons. The van der Waals surface area contributed by atoms with Crippen LogP contribution in [0.15, 0.2) is 29.3 Å². The molecule has 0 aromatic heterocycles. The van der Waals surface area contributed by atoms with Crippen LogP contribution >= 0.6 is 0 Å². The van der Waals surface area contributed by atoms with Crippen molar-refractivity contribution in [1.29, 1.82) is 0 Å². The quantitative estimate of drug-likeness (QED) is 0.476. The topological polar surface area (TPSA) is 56.7 Å². The van der Waals surface area contributed by atoms with Gasteiger partial charge in [0.15, 0.2) is 5.96 Å². The third kappa shape index (κ3) is 5.72. The van der Waals surface area contributed by atoms with Crippen molar-refractivity contribution < 1.29 is 4.79 Å². The predicted molar refractivity (Wildman–Crippen MR) is 111 cm³/mol. The maximum atomic E-state index is 12.5. The summed E-state index contributed by atoms with van der Waals surface area (Å²) >= 11 is 0. The normalized spacial score (nSPS) is 22.9. The molecule has 0 unspecified atom stereocenters. The zero-order valence-corrected chi connectivity index (χ0v) is 16.8. The van der Waals surface area contributed by atoms with Crippen molar-refractivity contribution in [3.8, 4) is 0 Å². The van der Waals surface area contributed by atoms with E-state index < -0.39 is 0 Å². The van der Waals surface area contributed by atoms with Crippen molar-refractivity contribution in [3.63, 3.8) is 0 Å². The van der Waals surface area contributed by atoms with Crippen LogP contribution in [0.1, 0.15) is 56.6 Å². The minimum absolute atomic E-state index is 0.260. The summed E-state index contributed by atoms with van der Waals surface area (Å²) in [5, 5.41) is 6.90. The molecule has 1 saturated carbocycles. The van der Waals surface area contributed by atoms with Crippen molar-refractivity contribution in [2.45, 2.75) is 64.5 Å². The van der Waals surface area contributed by atoms with Crippen LogP contribution in [0.4, 0.5) is 0 Å². The van der Waals surface area contributed by atoms with Gasteiger partial charge < -0.3 is 15.5 Å². The van der Waals surface area contributed by atoms with Crippen LogP contribution < -0.4 is 10.6 Å². The van der Waals surface area contributed by atoms with Crippen LogP contribution in [-0.2, 0) is 17.8 Å². The average Bonchev–Trinajstić information content (AvgIpc) is 2.71. The third-order valence-corrected chi connectivity index (χ3v) is 5.92. The van der Waals surface area contributed by atoms with Gasteiger partial charge in [0.1, 0.15) is 0 Å². The molecule has 0 atom stereocenters. The Morgan fingerprint density at radius 3 is 2.67 bits per heavy atom. The van der Waals surface area contributed by atoms with Gasteiger partial charge in [-0.2, -0.15) is 0 Å². The van der Waals surface area contributed by atoms with E-state index in [1.165, 1.54) is 36.8 Å². The molecule has 5 heteroatoms. The van der Waals surface area contributed by atoms with E-state index in [4.69, 9.17) is 0 Å². The molecular weight excluding hydrogens is 336 g/mol. The van der Waals surface area contributed by atoms with E-state index in [0.29, 0.717) is 12.5 Å². The van der Waals surface area contributed by atoms with E-state index in [1.54, 1.807) is 0 Å². The molecule has 0 spiro atoms. The fraction of sp³-hybridized carbons (Fsp3) is 0.636. The second-order valence-electron chi connectivity index (χ2n) is 8.04. The molecule has 3 rings (SSSR count). The molecule has 2 aliphatic rings. The third-order valence-electron chi connectivity index (χ3n) is 5.92. The van der Waals surface area contributed by atoms with Gasteiger partial charge in [0, 0.05) is 39.1 Å². The first-order valence-corrected chi connectivity index (χ1v) is 10.5. The maximum absolute atomic E-state index is 12.5. The number of nitrogens with zero attached hydrogens (tertiary/aromatic N) is 2. The smallest absolute Gasteiger partial charge is 0.222 e. The first kappa shape index (κ1) is 19.7. The number of hydrogen-bond donors (Lipinski definition) is 2. The lowest BCUT2D eigenvalue weighted by Crippen LogP contribution is -2.45. The van der Waals surface area contributed by atoms with Crippen LogP contribution in [0.2, 0.25) is 0 Å². The fourth-order valence-corrected chi connectivity index (χ4v) is 4.11. The van der Waals surface area contributed by atoms with Gasteiger partial charge in [0.2, 0.25) is 5.91 Å². The van der Waals surface area contributed by atoms with Crippen molar-refractivity contribution >= 4 is 11.9 Å². The summed E-state index contributed by atoms with van der Waals surface area (Å²) < 4.78 is 0. The van der Waals surface area contributed by atoms with Crippen molar-refractivity contribution in [1.82, 2.24) is 15.5 Å². The van der Waals surface area contributed by atoms with Gasteiger partial charge in [-0.05, 0) is 55.6 Å². The molecule has 1 aromatic rings. The van der Waals surface area contributed by atoms with Crippen LogP contribution in [0.25, 0.3) is 0 Å². The number of aliphatic imine (C=N–C) groups is 1. The van der Waals surface area contributed by atoms with E-state index in [0.717, 1.165) is 44.4 Å². The van der Waals surface area contributed by atoms with Crippen molar-refractivity contribution in [2.75, 3.05) is 20.1 Å². The number of benzene rings is 1. The molecule has 5 nitrogen and oxygen atoms in total. The molecule has 1 aliphatic heterocycles. The average molecular weight is 371 g/mol. The molecule has 1 aromatic carbocycles. The van der Waals surface area contributed by atoms with Gasteiger partial charge in [0.05, 0.1) is 0 Å². The lowest BCUT2D eigenvalue weighted by Gasteiger charge is -2.29. The summed E-state index contributed by atoms with van der Waals surface area (Å²) in [7, 11) is 1.82. The number of fused-ring (bicyclic) bond motifs is 1. The van der Waals surface area contributed by atoms with Gasteiger partial charge in [-0.3, -0.25) is 9.79 Å². The van der Waals surface area contributed by atoms with Crippen LogP contribution in [0, 0.1) is 5.92 Å². The van der Waals surface area contributed by atoms with Gasteiger partial charge >= 0.3 is 0 Å². The summed E-state index contributed by atoms with van der Waals surface area (Å²) in [4.78, 5) is 18.9. The Labute approximate surface area is 163 Å². The summed E-state index contributed by atoms with van der Waals surface area (Å²) in [6.45, 7) is 4.71. The highest BCUT2D eigenvalue weighted by Gasteiger charge is 2.20. The van der Waals surface area contributed by atoms with Crippen LogP contribution in [-0.4, -0.2) is 42.9 Å². The van der Waals surface area contributed by atoms with Crippen LogP contribution in [0.3, 0.4) is 0 Å². The first-order valence-electron chi connectivity index (χ1n) is 10.5. The SMILES string of the molecule is CN=C(NCCCC(=O)N1CCc2ccccc2C1)NC1CCC(C)CC1. The van der Waals surface area contributed by atoms with E-state index in [-0.39, 0.29) is 5.91 Å². The molecule has 1 heterocycles. The van der Waals surface area contributed by atoms with Crippen molar-refractivity contribution in [3.05, 3.63) is 35.4 Å². The van der Waals surface area contributed by atoms with Crippen LogP contribution in [0.5, 0.6) is 0 Å². The Morgan fingerprint density at radius 1 is 1.19 bits per heavy atom. The monoisotopic (exact) mass is 370 g/mol. The number of carbonyl (C=O) groups excluding carboxylic acids is 1. The van der Waals surface area contributed by atoms with E-state index >= 15 is 0 Å². The first-order chi connectivity index (χ1) is 13.2. The Balaban J connectivity index is 1.35. The standard InChI is InChI=1S/C22H34N4O/c1-17-9-11-20(12-10-17)25-22(23-2)24-14-5-8-21(27)26-15-13-18-6-3-4-7-19(18)16-26/h3-4,6-7,17,20H,5,8-16H2,1-2H3,(H2,23,24,25). The number of rotatable bonds is 5. The fourth-order valence-electron chi connectivity index (χ4n) is 4.11. The lowest BCUT2D eigenvalue weighted by molar-refractivity contribution is -0.132. The molecule has 1 fully saturated rings. The zero-order valence-electron chi connectivity index (χ0n) is 16.8. The van der Waals surface area contributed by atoms with Gasteiger partial charge in [-0.1, -0.05) is 31.2 Å². The second-order valence-corrected chi connectivity index (χ2v) is 8.04. The molecule has 0 radical (unpaired) electrons. The lowest BCUT2D eigenvalue weighted by atomic mass is 9.87. The molecule has 2 N–H and O–H groups in total. The van der Waals surface area contributed by atoms with E-state index in [2.05, 4.69) is 46.8 Å². The second kappa shape index (κ2) is 9.77. The Morgan fingerprint density at radius 2 is 1.93 bits per heavy atom. The molecule has 1 aliphatic carbocycles. The molecule has 1 amide bonds. The summed E-state index contributed by atoms with van der Waals surface area (Å²) in [6.07, 6.45) is 7.42. The molecule has 27 heavy (non-hydrogen) atoms. The predicted octanol–water partition coefficient (Wildman–Crippen LogP) is 3.10. The number of amides is 1. The number of carbonyl (C=O) groups is 1. The van der Waals surface area contributed by atoms with Gasteiger partial charge in [-0.25, -0.2) is 0 Å². The summed E-state index contributed by atoms with van der Waals surface area (Å²) in [6, 6.07) is 8.98. The Hall–Kier alpha value is -2.04. The minimum atomic E-state index is 0.260. The highest BCUT2D eigenvalue weighted by atomic mass is 16.2. The Kier molecular flexibility index (Phi) is 7.13. The van der Waals surface area contributed by atoms with E-state index in [1.807, 2.05) is 11.9 Å². The minimum Gasteiger partial charge on any atom is -0.356 e.